The lowest BCUT2D eigenvalue weighted by atomic mass is 9.88. The molecule has 2 N–H and O–H groups in total. The van der Waals surface area contributed by atoms with Crippen LogP contribution in [-0.2, 0) is 16.0 Å². The van der Waals surface area contributed by atoms with Crippen LogP contribution in [-0.4, -0.2) is 51.4 Å². The van der Waals surface area contributed by atoms with Crippen molar-refractivity contribution in [2.24, 2.45) is 0 Å². The third-order valence-corrected chi connectivity index (χ3v) is 4.93. The molecule has 1 fully saturated rings. The highest BCUT2D eigenvalue weighted by atomic mass is 16.6. The van der Waals surface area contributed by atoms with Gasteiger partial charge in [-0.3, -0.25) is 9.88 Å². The summed E-state index contributed by atoms with van der Waals surface area (Å²) in [6.45, 7) is 6.82. The molecule has 164 valence electrons. The van der Waals surface area contributed by atoms with E-state index in [0.29, 0.717) is 24.5 Å². The zero-order valence-electron chi connectivity index (χ0n) is 18.0. The Labute approximate surface area is 182 Å². The second kappa shape index (κ2) is 9.26. The van der Waals surface area contributed by atoms with Crippen molar-refractivity contribution in [1.29, 1.82) is 0 Å². The zero-order chi connectivity index (χ0) is 22.5. The summed E-state index contributed by atoms with van der Waals surface area (Å²) >= 11 is 0. The minimum absolute atomic E-state index is 0.362. The normalized spacial score (nSPS) is 18.8. The van der Waals surface area contributed by atoms with Crippen LogP contribution in [0.5, 0.6) is 0 Å². The number of carbonyl (C=O) groups is 2. The van der Waals surface area contributed by atoms with Gasteiger partial charge in [-0.15, -0.1) is 0 Å². The second-order valence-electron chi connectivity index (χ2n) is 8.60. The third kappa shape index (κ3) is 5.88. The maximum Gasteiger partial charge on any atom is 0.416 e. The van der Waals surface area contributed by atoms with E-state index in [1.54, 1.807) is 4.90 Å². The zero-order valence-corrected chi connectivity index (χ0v) is 18.0. The molecule has 1 aliphatic rings. The predicted octanol–water partition coefficient (Wildman–Crippen LogP) is 3.29. The van der Waals surface area contributed by atoms with Crippen LogP contribution < -0.4 is 10.2 Å². The second-order valence-corrected chi connectivity index (χ2v) is 8.60. The summed E-state index contributed by atoms with van der Waals surface area (Å²) in [5.74, 6) is -0.707. The molecule has 0 radical (unpaired) electrons. The van der Waals surface area contributed by atoms with Crippen molar-refractivity contribution in [2.75, 3.05) is 18.0 Å². The molecule has 1 amide bonds. The number of nitrogens with one attached hydrogen (secondary N) is 1. The summed E-state index contributed by atoms with van der Waals surface area (Å²) in [6.07, 6.45) is 6.14. The first-order valence-electron chi connectivity index (χ1n) is 10.2. The monoisotopic (exact) mass is 424 g/mol. The summed E-state index contributed by atoms with van der Waals surface area (Å²) in [5, 5.41) is 12.2. The molecule has 0 unspecified atom stereocenters. The Bertz CT molecular complexity index is 930. The van der Waals surface area contributed by atoms with Gasteiger partial charge in [0, 0.05) is 12.6 Å². The van der Waals surface area contributed by atoms with Gasteiger partial charge in [0.05, 0.1) is 23.6 Å². The number of amides is 1. The fourth-order valence-electron chi connectivity index (χ4n) is 3.65. The molecule has 3 rings (SSSR count). The number of carbonyl (C=O) groups excluding carboxylic acids is 1. The van der Waals surface area contributed by atoms with Gasteiger partial charge in [-0.25, -0.2) is 14.6 Å². The van der Waals surface area contributed by atoms with Gasteiger partial charge in [-0.2, -0.15) is 0 Å². The first-order chi connectivity index (χ1) is 14.7. The Hall–Kier alpha value is -3.26. The summed E-state index contributed by atoms with van der Waals surface area (Å²) in [5.41, 5.74) is 0.245. The molecule has 1 saturated heterocycles. The fraction of sp³-hybridized carbons (Fsp3) is 0.391. The first kappa shape index (κ1) is 22.4. The number of carboxylic acids is 1. The van der Waals surface area contributed by atoms with E-state index in [-0.39, 0.29) is 0 Å². The molecule has 0 spiro atoms. The lowest BCUT2D eigenvalue weighted by molar-refractivity contribution is -0.131. The molecule has 8 nitrogen and oxygen atoms in total. The van der Waals surface area contributed by atoms with Gasteiger partial charge in [0.1, 0.15) is 5.60 Å². The summed E-state index contributed by atoms with van der Waals surface area (Å²) in [4.78, 5) is 34.4. The highest BCUT2D eigenvalue weighted by molar-refractivity contribution is 5.89. The van der Waals surface area contributed by atoms with Crippen LogP contribution in [0.3, 0.4) is 0 Å². The van der Waals surface area contributed by atoms with Gasteiger partial charge in [-0.05, 0) is 51.8 Å². The van der Waals surface area contributed by atoms with Crippen molar-refractivity contribution in [3.05, 3.63) is 60.1 Å². The standard InChI is InChI=1S/C23H28N4O4/c1-22(2,3)31-21(30)27(19-15-25-18(14-26-19)9-10-20(28)29)23(11-12-24-16-23)13-17-7-5-4-6-8-17/h4-10,14-15,24H,11-13,16H2,1-3H3,(H,28,29)/b10-9+/t23-/m0/s1. The van der Waals surface area contributed by atoms with Crippen molar-refractivity contribution >= 4 is 24.0 Å². The van der Waals surface area contributed by atoms with Gasteiger partial charge in [0.15, 0.2) is 5.82 Å². The van der Waals surface area contributed by atoms with E-state index in [1.807, 2.05) is 51.1 Å². The molecular weight excluding hydrogens is 396 g/mol. The quantitative estimate of drug-likeness (QED) is 0.686. The van der Waals surface area contributed by atoms with E-state index in [1.165, 1.54) is 18.5 Å². The molecule has 1 aromatic carbocycles. The van der Waals surface area contributed by atoms with Crippen LogP contribution in [0.4, 0.5) is 10.6 Å². The number of benzene rings is 1. The molecule has 8 heteroatoms. The summed E-state index contributed by atoms with van der Waals surface area (Å²) in [6, 6.07) is 10.0. The number of ether oxygens (including phenoxy) is 1. The maximum absolute atomic E-state index is 13.4. The van der Waals surface area contributed by atoms with E-state index >= 15 is 0 Å². The van der Waals surface area contributed by atoms with Crippen molar-refractivity contribution in [1.82, 2.24) is 15.3 Å². The van der Waals surface area contributed by atoms with E-state index in [0.717, 1.165) is 24.6 Å². The lowest BCUT2D eigenvalue weighted by Gasteiger charge is -2.40. The van der Waals surface area contributed by atoms with Crippen LogP contribution in [0.1, 0.15) is 38.4 Å². The SMILES string of the molecule is CC(C)(C)OC(=O)N(c1cnc(/C=C/C(=O)O)cn1)[C@]1(Cc2ccccc2)CCNC1. The van der Waals surface area contributed by atoms with Crippen molar-refractivity contribution in [2.45, 2.75) is 44.8 Å². The number of hydrogen-bond acceptors (Lipinski definition) is 6. The van der Waals surface area contributed by atoms with Gasteiger partial charge < -0.3 is 15.2 Å². The minimum atomic E-state index is -1.07. The molecular formula is C23H28N4O4. The Balaban J connectivity index is 2.00. The van der Waals surface area contributed by atoms with E-state index in [9.17, 15) is 9.59 Å². The molecule has 1 atom stereocenters. The first-order valence-corrected chi connectivity index (χ1v) is 10.2. The average Bonchev–Trinajstić information content (AvgIpc) is 3.15. The lowest BCUT2D eigenvalue weighted by Crippen LogP contribution is -2.56. The largest absolute Gasteiger partial charge is 0.478 e. The highest BCUT2D eigenvalue weighted by Crippen LogP contribution is 2.33. The van der Waals surface area contributed by atoms with Crippen LogP contribution in [0.25, 0.3) is 6.08 Å². The van der Waals surface area contributed by atoms with E-state index in [2.05, 4.69) is 15.3 Å². The summed E-state index contributed by atoms with van der Waals surface area (Å²) < 4.78 is 5.74. The smallest absolute Gasteiger partial charge is 0.416 e. The molecule has 0 aliphatic carbocycles. The Morgan fingerprint density at radius 1 is 1.23 bits per heavy atom. The van der Waals surface area contributed by atoms with Crippen molar-refractivity contribution < 1.29 is 19.4 Å². The van der Waals surface area contributed by atoms with Crippen LogP contribution in [0, 0.1) is 0 Å². The molecule has 1 aromatic heterocycles. The number of carboxylic acid groups (broad SMARTS) is 1. The number of hydrogen-bond donors (Lipinski definition) is 2. The maximum atomic E-state index is 13.4. The Morgan fingerprint density at radius 2 is 1.97 bits per heavy atom. The minimum Gasteiger partial charge on any atom is -0.478 e. The van der Waals surface area contributed by atoms with E-state index in [4.69, 9.17) is 9.84 Å². The number of anilines is 1. The predicted molar refractivity (Wildman–Crippen MR) is 118 cm³/mol. The molecule has 2 aromatic rings. The number of aliphatic carboxylic acids is 1. The Kier molecular flexibility index (Phi) is 6.70. The molecule has 0 saturated carbocycles. The van der Waals surface area contributed by atoms with Gasteiger partial charge in [-0.1, -0.05) is 30.3 Å². The Morgan fingerprint density at radius 3 is 2.52 bits per heavy atom. The van der Waals surface area contributed by atoms with Crippen molar-refractivity contribution in [3.8, 4) is 0 Å². The summed E-state index contributed by atoms with van der Waals surface area (Å²) in [7, 11) is 0. The molecule has 0 bridgehead atoms. The topological polar surface area (TPSA) is 105 Å². The fourth-order valence-corrected chi connectivity index (χ4v) is 3.65. The molecule has 1 aliphatic heterocycles. The average molecular weight is 425 g/mol. The van der Waals surface area contributed by atoms with Crippen LogP contribution in [0.15, 0.2) is 48.8 Å². The van der Waals surface area contributed by atoms with Crippen LogP contribution >= 0.6 is 0 Å². The number of rotatable bonds is 6. The van der Waals surface area contributed by atoms with E-state index < -0.39 is 23.2 Å². The van der Waals surface area contributed by atoms with Crippen molar-refractivity contribution in [3.63, 3.8) is 0 Å². The van der Waals surface area contributed by atoms with Crippen LogP contribution in [0.2, 0.25) is 0 Å². The third-order valence-electron chi connectivity index (χ3n) is 4.93. The van der Waals surface area contributed by atoms with Gasteiger partial charge >= 0.3 is 12.1 Å². The van der Waals surface area contributed by atoms with Gasteiger partial charge in [0.25, 0.3) is 0 Å². The highest BCUT2D eigenvalue weighted by Gasteiger charge is 2.45. The molecule has 2 heterocycles. The number of nitrogens with zero attached hydrogens (tertiary/aromatic N) is 3. The molecule has 31 heavy (non-hydrogen) atoms. The van der Waals surface area contributed by atoms with Gasteiger partial charge in [0.2, 0.25) is 0 Å². The number of aromatic nitrogens is 2.